The number of hydrogen-bond donors (Lipinski definition) is 3. The van der Waals surface area contributed by atoms with Gasteiger partial charge in [0.05, 0.1) is 22.9 Å². The van der Waals surface area contributed by atoms with Crippen LogP contribution in [0.4, 0.5) is 11.4 Å². The molecule has 2 rings (SSSR count). The number of aromatic nitrogens is 1. The number of rotatable bonds is 4. The van der Waals surface area contributed by atoms with Crippen molar-refractivity contribution in [1.29, 1.82) is 0 Å². The molecule has 1 aromatic heterocycles. The Morgan fingerprint density at radius 1 is 1.42 bits per heavy atom. The lowest BCUT2D eigenvalue weighted by Crippen LogP contribution is -2.14. The van der Waals surface area contributed by atoms with E-state index >= 15 is 0 Å². The van der Waals surface area contributed by atoms with Gasteiger partial charge in [0.25, 0.3) is 0 Å². The van der Waals surface area contributed by atoms with Gasteiger partial charge >= 0.3 is 0 Å². The Bertz CT molecular complexity index is 694. The number of benzene rings is 1. The molecule has 0 aliphatic heterocycles. The van der Waals surface area contributed by atoms with Gasteiger partial charge in [-0.2, -0.15) is 0 Å². The molecule has 2 aromatic rings. The number of nitrogens with one attached hydrogen (secondary N) is 1. The number of aryl methyl sites for hydroxylation is 1. The smallest absolute Gasteiger partial charge is 0.240 e. The minimum Gasteiger partial charge on any atom is -0.398 e. The topological polar surface area (TPSA) is 111 Å². The maximum absolute atomic E-state index is 11.2. The second-order valence-electron chi connectivity index (χ2n) is 4.01. The second-order valence-corrected chi connectivity index (χ2v) is 6.60. The van der Waals surface area contributed by atoms with Crippen LogP contribution >= 0.6 is 11.3 Å². The van der Waals surface area contributed by atoms with Gasteiger partial charge in [-0.15, -0.1) is 11.3 Å². The standard InChI is InChI=1S/C11H14N4O2S2/c1-7-15-9(6-18-7)5-14-8-2-3-11(10(12)4-8)19(13,16)17/h2-4,6,14H,5,12H2,1H3,(H2,13,16,17). The molecule has 0 bridgehead atoms. The average Bonchev–Trinajstić information content (AvgIpc) is 2.71. The van der Waals surface area contributed by atoms with Crippen molar-refractivity contribution in [3.8, 4) is 0 Å². The molecule has 0 aliphatic carbocycles. The largest absolute Gasteiger partial charge is 0.398 e. The second kappa shape index (κ2) is 5.16. The van der Waals surface area contributed by atoms with Gasteiger partial charge in [0.2, 0.25) is 10.0 Å². The monoisotopic (exact) mass is 298 g/mol. The van der Waals surface area contributed by atoms with Crippen LogP contribution in [0, 0.1) is 6.92 Å². The van der Waals surface area contributed by atoms with E-state index in [-0.39, 0.29) is 10.6 Å². The molecule has 0 aliphatic rings. The first-order valence-corrected chi connectivity index (χ1v) is 7.86. The van der Waals surface area contributed by atoms with Crippen molar-refractivity contribution < 1.29 is 8.42 Å². The lowest BCUT2D eigenvalue weighted by atomic mass is 10.3. The first-order valence-electron chi connectivity index (χ1n) is 5.43. The minimum atomic E-state index is -3.78. The fraction of sp³-hybridized carbons (Fsp3) is 0.182. The Morgan fingerprint density at radius 2 is 2.16 bits per heavy atom. The van der Waals surface area contributed by atoms with Crippen LogP contribution in [0.3, 0.4) is 0 Å². The van der Waals surface area contributed by atoms with E-state index in [0.29, 0.717) is 6.54 Å². The fourth-order valence-electron chi connectivity index (χ4n) is 1.60. The van der Waals surface area contributed by atoms with E-state index in [9.17, 15) is 8.42 Å². The Balaban J connectivity index is 2.12. The number of thiazole rings is 1. The summed E-state index contributed by atoms with van der Waals surface area (Å²) < 4.78 is 22.4. The first kappa shape index (κ1) is 13.8. The highest BCUT2D eigenvalue weighted by Gasteiger charge is 2.12. The van der Waals surface area contributed by atoms with Gasteiger partial charge < -0.3 is 11.1 Å². The van der Waals surface area contributed by atoms with E-state index in [2.05, 4.69) is 10.3 Å². The van der Waals surface area contributed by atoms with Crippen molar-refractivity contribution in [2.24, 2.45) is 5.14 Å². The molecule has 1 heterocycles. The van der Waals surface area contributed by atoms with Gasteiger partial charge in [-0.25, -0.2) is 18.5 Å². The van der Waals surface area contributed by atoms with Crippen LogP contribution in [-0.2, 0) is 16.6 Å². The normalized spacial score (nSPS) is 11.5. The van der Waals surface area contributed by atoms with E-state index in [1.807, 2.05) is 12.3 Å². The maximum Gasteiger partial charge on any atom is 0.240 e. The van der Waals surface area contributed by atoms with E-state index in [1.165, 1.54) is 6.07 Å². The molecule has 0 saturated carbocycles. The highest BCUT2D eigenvalue weighted by Crippen LogP contribution is 2.21. The van der Waals surface area contributed by atoms with Crippen LogP contribution in [0.25, 0.3) is 0 Å². The highest BCUT2D eigenvalue weighted by atomic mass is 32.2. The predicted molar refractivity (Wildman–Crippen MR) is 76.4 cm³/mol. The molecule has 5 N–H and O–H groups in total. The molecular formula is C11H14N4O2S2. The zero-order chi connectivity index (χ0) is 14.0. The van der Waals surface area contributed by atoms with Gasteiger partial charge in [0, 0.05) is 11.1 Å². The lowest BCUT2D eigenvalue weighted by Gasteiger charge is -2.08. The van der Waals surface area contributed by atoms with Crippen LogP contribution < -0.4 is 16.2 Å². The van der Waals surface area contributed by atoms with Gasteiger partial charge in [0.1, 0.15) is 4.90 Å². The van der Waals surface area contributed by atoms with Gasteiger partial charge in [0.15, 0.2) is 0 Å². The number of nitrogens with two attached hydrogens (primary N) is 2. The van der Waals surface area contributed by atoms with Gasteiger partial charge in [-0.1, -0.05) is 0 Å². The summed E-state index contributed by atoms with van der Waals surface area (Å²) in [6, 6.07) is 4.55. The average molecular weight is 298 g/mol. The summed E-state index contributed by atoms with van der Waals surface area (Å²) in [6.45, 7) is 2.49. The summed E-state index contributed by atoms with van der Waals surface area (Å²) in [7, 11) is -3.78. The first-order chi connectivity index (χ1) is 8.86. The Labute approximate surface area is 115 Å². The van der Waals surface area contributed by atoms with Crippen LogP contribution in [0.2, 0.25) is 0 Å². The molecule has 8 heteroatoms. The zero-order valence-corrected chi connectivity index (χ0v) is 11.9. The summed E-state index contributed by atoms with van der Waals surface area (Å²) in [5, 5.41) is 11.1. The Hall–Kier alpha value is -1.64. The van der Waals surface area contributed by atoms with Gasteiger partial charge in [-0.3, -0.25) is 0 Å². The summed E-state index contributed by atoms with van der Waals surface area (Å²) in [4.78, 5) is 4.25. The summed E-state index contributed by atoms with van der Waals surface area (Å²) in [6.07, 6.45) is 0. The van der Waals surface area contributed by atoms with Crippen molar-refractivity contribution >= 4 is 32.7 Å². The molecule has 0 atom stereocenters. The van der Waals surface area contributed by atoms with Crippen molar-refractivity contribution in [2.75, 3.05) is 11.1 Å². The van der Waals surface area contributed by atoms with Crippen molar-refractivity contribution in [1.82, 2.24) is 4.98 Å². The number of hydrogen-bond acceptors (Lipinski definition) is 6. The Morgan fingerprint density at radius 3 is 2.68 bits per heavy atom. The molecule has 0 radical (unpaired) electrons. The summed E-state index contributed by atoms with van der Waals surface area (Å²) >= 11 is 1.58. The quantitative estimate of drug-likeness (QED) is 0.737. The van der Waals surface area contributed by atoms with Crippen molar-refractivity contribution in [3.63, 3.8) is 0 Å². The number of nitrogen functional groups attached to an aromatic ring is 1. The molecular weight excluding hydrogens is 284 g/mol. The number of primary sulfonamides is 1. The molecule has 6 nitrogen and oxygen atoms in total. The molecule has 102 valence electrons. The molecule has 19 heavy (non-hydrogen) atoms. The molecule has 0 spiro atoms. The zero-order valence-electron chi connectivity index (χ0n) is 10.3. The highest BCUT2D eigenvalue weighted by molar-refractivity contribution is 7.89. The van der Waals surface area contributed by atoms with E-state index < -0.39 is 10.0 Å². The third-order valence-corrected chi connectivity index (χ3v) is 4.26. The van der Waals surface area contributed by atoms with Crippen molar-refractivity contribution in [2.45, 2.75) is 18.4 Å². The molecule has 1 aromatic carbocycles. The van der Waals surface area contributed by atoms with E-state index in [4.69, 9.17) is 10.9 Å². The van der Waals surface area contributed by atoms with E-state index in [0.717, 1.165) is 16.4 Å². The maximum atomic E-state index is 11.2. The number of sulfonamides is 1. The third-order valence-electron chi connectivity index (χ3n) is 2.46. The molecule has 0 amide bonds. The SMILES string of the molecule is Cc1nc(CNc2ccc(S(N)(=O)=O)c(N)c2)cs1. The lowest BCUT2D eigenvalue weighted by molar-refractivity contribution is 0.598. The summed E-state index contributed by atoms with van der Waals surface area (Å²) in [5.41, 5.74) is 7.44. The minimum absolute atomic E-state index is 0.0671. The predicted octanol–water partition coefficient (Wildman–Crippen LogP) is 1.29. The Kier molecular flexibility index (Phi) is 3.74. The summed E-state index contributed by atoms with van der Waals surface area (Å²) in [5.74, 6) is 0. The van der Waals surface area contributed by atoms with Crippen molar-refractivity contribution in [3.05, 3.63) is 34.3 Å². The van der Waals surface area contributed by atoms with E-state index in [1.54, 1.807) is 23.5 Å². The number of nitrogens with zero attached hydrogens (tertiary/aromatic N) is 1. The van der Waals surface area contributed by atoms with Gasteiger partial charge in [-0.05, 0) is 25.1 Å². The van der Waals surface area contributed by atoms with Crippen LogP contribution in [0.15, 0.2) is 28.5 Å². The molecule has 0 fully saturated rings. The fourth-order valence-corrected chi connectivity index (χ4v) is 2.86. The molecule has 0 unspecified atom stereocenters. The van der Waals surface area contributed by atoms with Crippen LogP contribution in [0.5, 0.6) is 0 Å². The molecule has 0 saturated heterocycles. The van der Waals surface area contributed by atoms with Crippen LogP contribution in [0.1, 0.15) is 10.7 Å². The number of anilines is 2. The third kappa shape index (κ3) is 3.43. The van der Waals surface area contributed by atoms with Crippen LogP contribution in [-0.4, -0.2) is 13.4 Å².